The molecule has 4 heteroatoms. The lowest BCUT2D eigenvalue weighted by Gasteiger charge is -2.13. The Hall–Kier alpha value is -1.52. The van der Waals surface area contributed by atoms with Gasteiger partial charge in [-0.2, -0.15) is 11.8 Å². The molecule has 0 bridgehead atoms. The van der Waals surface area contributed by atoms with E-state index in [1.165, 1.54) is 0 Å². The van der Waals surface area contributed by atoms with E-state index in [-0.39, 0.29) is 5.91 Å². The maximum atomic E-state index is 12.0. The first-order chi connectivity index (χ1) is 9.22. The monoisotopic (exact) mass is 274 g/mol. The maximum Gasteiger partial charge on any atom is 0.241 e. The molecule has 0 unspecified atom stereocenters. The highest BCUT2D eigenvalue weighted by Crippen LogP contribution is 2.23. The number of thioether (sulfide) groups is 1. The number of rotatable bonds is 5. The summed E-state index contributed by atoms with van der Waals surface area (Å²) in [6, 6.07) is 13.4. The molecule has 0 aliphatic heterocycles. The largest absolute Gasteiger partial charge is 0.324 e. The standard InChI is InChI=1S/C15H18N2OS/c1-19-10-9-13(16)15(18)17-14-8-4-6-11-5-2-3-7-12(11)14/h2-8,13H,9-10,16H2,1H3,(H,17,18)/t13-/m0/s1. The number of amides is 1. The highest BCUT2D eigenvalue weighted by atomic mass is 32.2. The fourth-order valence-electron chi connectivity index (χ4n) is 1.94. The second kappa shape index (κ2) is 6.59. The van der Waals surface area contributed by atoms with Crippen LogP contribution in [-0.4, -0.2) is 24.0 Å². The van der Waals surface area contributed by atoms with Crippen LogP contribution in [-0.2, 0) is 4.79 Å². The number of fused-ring (bicyclic) bond motifs is 1. The predicted molar refractivity (Wildman–Crippen MR) is 83.6 cm³/mol. The minimum absolute atomic E-state index is 0.120. The van der Waals surface area contributed by atoms with Crippen molar-refractivity contribution in [1.82, 2.24) is 0 Å². The van der Waals surface area contributed by atoms with Crippen LogP contribution in [0.5, 0.6) is 0 Å². The summed E-state index contributed by atoms with van der Waals surface area (Å²) in [6.45, 7) is 0. The molecule has 100 valence electrons. The fourth-order valence-corrected chi connectivity index (χ4v) is 2.43. The van der Waals surface area contributed by atoms with Crippen molar-refractivity contribution >= 4 is 34.1 Å². The van der Waals surface area contributed by atoms with E-state index >= 15 is 0 Å². The maximum absolute atomic E-state index is 12.0. The summed E-state index contributed by atoms with van der Waals surface area (Å²) in [4.78, 5) is 12.0. The van der Waals surface area contributed by atoms with Crippen LogP contribution in [0.3, 0.4) is 0 Å². The first-order valence-electron chi connectivity index (χ1n) is 6.25. The van der Waals surface area contributed by atoms with Crippen LogP contribution < -0.4 is 11.1 Å². The number of benzene rings is 2. The zero-order valence-electron chi connectivity index (χ0n) is 10.9. The number of nitrogens with two attached hydrogens (primary N) is 1. The lowest BCUT2D eigenvalue weighted by molar-refractivity contribution is -0.117. The Kier molecular flexibility index (Phi) is 4.82. The lowest BCUT2D eigenvalue weighted by atomic mass is 10.1. The molecule has 0 heterocycles. The van der Waals surface area contributed by atoms with Crippen molar-refractivity contribution in [3.63, 3.8) is 0 Å². The van der Waals surface area contributed by atoms with E-state index in [2.05, 4.69) is 5.32 Å². The van der Waals surface area contributed by atoms with Crippen molar-refractivity contribution in [2.45, 2.75) is 12.5 Å². The molecule has 1 amide bonds. The van der Waals surface area contributed by atoms with Crippen LogP contribution in [0.1, 0.15) is 6.42 Å². The van der Waals surface area contributed by atoms with Gasteiger partial charge >= 0.3 is 0 Å². The molecule has 0 saturated carbocycles. The molecule has 0 spiro atoms. The van der Waals surface area contributed by atoms with Gasteiger partial charge in [-0.05, 0) is 29.9 Å². The summed E-state index contributed by atoms with van der Waals surface area (Å²) in [6.07, 6.45) is 2.70. The normalized spacial score (nSPS) is 12.3. The summed E-state index contributed by atoms with van der Waals surface area (Å²) in [7, 11) is 0. The van der Waals surface area contributed by atoms with E-state index in [1.54, 1.807) is 11.8 Å². The van der Waals surface area contributed by atoms with Crippen molar-refractivity contribution in [3.05, 3.63) is 42.5 Å². The number of hydrogen-bond acceptors (Lipinski definition) is 3. The number of anilines is 1. The van der Waals surface area contributed by atoms with Gasteiger partial charge < -0.3 is 11.1 Å². The molecule has 0 aromatic heterocycles. The Morgan fingerprint density at radius 2 is 2.00 bits per heavy atom. The van der Waals surface area contributed by atoms with E-state index in [1.807, 2.05) is 48.7 Å². The van der Waals surface area contributed by atoms with Gasteiger partial charge in [0, 0.05) is 11.1 Å². The van der Waals surface area contributed by atoms with Crippen LogP contribution in [0, 0.1) is 0 Å². The topological polar surface area (TPSA) is 55.1 Å². The first-order valence-corrected chi connectivity index (χ1v) is 7.65. The third-order valence-corrected chi connectivity index (χ3v) is 3.66. The van der Waals surface area contributed by atoms with Gasteiger partial charge in [-0.25, -0.2) is 0 Å². The van der Waals surface area contributed by atoms with E-state index in [4.69, 9.17) is 5.73 Å². The van der Waals surface area contributed by atoms with Gasteiger partial charge in [0.15, 0.2) is 0 Å². The molecule has 0 fully saturated rings. The van der Waals surface area contributed by atoms with Crippen LogP contribution in [0.2, 0.25) is 0 Å². The van der Waals surface area contributed by atoms with Crippen molar-refractivity contribution < 1.29 is 4.79 Å². The third kappa shape index (κ3) is 3.49. The number of hydrogen-bond donors (Lipinski definition) is 2. The van der Waals surface area contributed by atoms with Crippen LogP contribution >= 0.6 is 11.8 Å². The number of nitrogens with one attached hydrogen (secondary N) is 1. The third-order valence-electron chi connectivity index (χ3n) is 3.02. The van der Waals surface area contributed by atoms with Crippen molar-refractivity contribution in [2.75, 3.05) is 17.3 Å². The molecule has 1 atom stereocenters. The molecular formula is C15H18N2OS. The minimum atomic E-state index is -0.452. The quantitative estimate of drug-likeness (QED) is 0.881. The molecule has 19 heavy (non-hydrogen) atoms. The van der Waals surface area contributed by atoms with E-state index < -0.39 is 6.04 Å². The second-order valence-electron chi connectivity index (χ2n) is 4.40. The molecule has 2 aromatic carbocycles. The van der Waals surface area contributed by atoms with Gasteiger partial charge in [-0.1, -0.05) is 36.4 Å². The number of carbonyl (C=O) groups excluding carboxylic acids is 1. The summed E-state index contributed by atoms with van der Waals surface area (Å²) in [5.74, 6) is 0.773. The van der Waals surface area contributed by atoms with Crippen molar-refractivity contribution in [3.8, 4) is 0 Å². The second-order valence-corrected chi connectivity index (χ2v) is 5.39. The molecular weight excluding hydrogens is 256 g/mol. The zero-order chi connectivity index (χ0) is 13.7. The zero-order valence-corrected chi connectivity index (χ0v) is 11.7. The smallest absolute Gasteiger partial charge is 0.241 e. The Morgan fingerprint density at radius 1 is 1.26 bits per heavy atom. The predicted octanol–water partition coefficient (Wildman–Crippen LogP) is 2.86. The van der Waals surface area contributed by atoms with E-state index in [0.29, 0.717) is 6.42 Å². The van der Waals surface area contributed by atoms with Gasteiger partial charge in [0.25, 0.3) is 0 Å². The molecule has 0 aliphatic carbocycles. The molecule has 3 N–H and O–H groups in total. The van der Waals surface area contributed by atoms with Crippen molar-refractivity contribution in [2.24, 2.45) is 5.73 Å². The Bertz CT molecular complexity index is 566. The fraction of sp³-hybridized carbons (Fsp3) is 0.267. The van der Waals surface area contributed by atoms with E-state index in [9.17, 15) is 4.79 Å². The van der Waals surface area contributed by atoms with Gasteiger partial charge in [0.05, 0.1) is 6.04 Å². The summed E-state index contributed by atoms with van der Waals surface area (Å²) in [5.41, 5.74) is 6.69. The highest BCUT2D eigenvalue weighted by molar-refractivity contribution is 7.98. The Balaban J connectivity index is 2.15. The number of carbonyl (C=O) groups is 1. The minimum Gasteiger partial charge on any atom is -0.324 e. The Labute approximate surface area is 117 Å². The summed E-state index contributed by atoms with van der Waals surface area (Å²) >= 11 is 1.70. The molecule has 0 saturated heterocycles. The van der Waals surface area contributed by atoms with Crippen molar-refractivity contribution in [1.29, 1.82) is 0 Å². The summed E-state index contributed by atoms with van der Waals surface area (Å²) < 4.78 is 0. The highest BCUT2D eigenvalue weighted by Gasteiger charge is 2.13. The van der Waals surface area contributed by atoms with E-state index in [0.717, 1.165) is 22.2 Å². The average molecular weight is 274 g/mol. The molecule has 3 nitrogen and oxygen atoms in total. The van der Waals surface area contributed by atoms with Gasteiger partial charge in [-0.3, -0.25) is 4.79 Å². The summed E-state index contributed by atoms with van der Waals surface area (Å²) in [5, 5.41) is 5.07. The first kappa shape index (κ1) is 13.9. The molecule has 0 radical (unpaired) electrons. The average Bonchev–Trinajstić information content (AvgIpc) is 2.45. The van der Waals surface area contributed by atoms with Gasteiger partial charge in [-0.15, -0.1) is 0 Å². The lowest BCUT2D eigenvalue weighted by Crippen LogP contribution is -2.36. The molecule has 2 rings (SSSR count). The Morgan fingerprint density at radius 3 is 2.79 bits per heavy atom. The van der Waals surface area contributed by atoms with Gasteiger partial charge in [0.2, 0.25) is 5.91 Å². The van der Waals surface area contributed by atoms with Crippen LogP contribution in [0.25, 0.3) is 10.8 Å². The van der Waals surface area contributed by atoms with Gasteiger partial charge in [0.1, 0.15) is 0 Å². The van der Waals surface area contributed by atoms with Crippen LogP contribution in [0.15, 0.2) is 42.5 Å². The van der Waals surface area contributed by atoms with Crippen LogP contribution in [0.4, 0.5) is 5.69 Å². The SMILES string of the molecule is CSCC[C@H](N)C(=O)Nc1cccc2ccccc12. The molecule has 0 aliphatic rings. The molecule has 2 aromatic rings.